The predicted molar refractivity (Wildman–Crippen MR) is 168 cm³/mol. The third-order valence-electron chi connectivity index (χ3n) is 7.92. The zero-order valence-electron chi connectivity index (χ0n) is 25.7. The Labute approximate surface area is 255 Å². The molecular weight excluding hydrogens is 599 g/mol. The van der Waals surface area contributed by atoms with Gasteiger partial charge in [0, 0.05) is 47.5 Å². The van der Waals surface area contributed by atoms with E-state index < -0.39 is 7.81 Å². The fraction of sp³-hybridized carbons (Fsp3) is 0.394. The molecule has 4 rings (SSSR count). The van der Waals surface area contributed by atoms with E-state index in [1.165, 1.54) is 33.9 Å². The molecular formula is C33H40F6N3OP. The Morgan fingerprint density at radius 1 is 0.932 bits per heavy atom. The molecule has 2 aliphatic rings. The SMILES string of the molecule is C#CCNC(=O)CCCCCN1/C(=C/C=C/C2=[N+](C)c3ccccc3C2(C)C)C(C)(C)c2ccccc21.F[P-](F)(F)(F)(F)F. The molecule has 1 amide bonds. The van der Waals surface area contributed by atoms with Gasteiger partial charge in [-0.05, 0) is 44.4 Å². The molecule has 2 aromatic carbocycles. The fourth-order valence-corrected chi connectivity index (χ4v) is 5.88. The van der Waals surface area contributed by atoms with Crippen molar-refractivity contribution in [3.8, 4) is 12.3 Å². The first-order valence-corrected chi connectivity index (χ1v) is 16.4. The van der Waals surface area contributed by atoms with Crippen molar-refractivity contribution in [2.45, 2.75) is 64.2 Å². The summed E-state index contributed by atoms with van der Waals surface area (Å²) in [5.74, 6) is 2.49. The van der Waals surface area contributed by atoms with Crippen LogP contribution in [0, 0.1) is 12.3 Å². The first-order chi connectivity index (χ1) is 20.1. The molecule has 0 saturated heterocycles. The number of para-hydroxylation sites is 2. The number of nitrogens with zero attached hydrogens (tertiary/aromatic N) is 2. The first-order valence-electron chi connectivity index (χ1n) is 14.4. The van der Waals surface area contributed by atoms with Crippen LogP contribution >= 0.6 is 7.81 Å². The van der Waals surface area contributed by atoms with Gasteiger partial charge < -0.3 is 10.2 Å². The zero-order chi connectivity index (χ0) is 33.0. The van der Waals surface area contributed by atoms with Crippen molar-refractivity contribution in [1.29, 1.82) is 0 Å². The van der Waals surface area contributed by atoms with E-state index in [2.05, 4.69) is 122 Å². The molecule has 0 fully saturated rings. The molecule has 0 aromatic heterocycles. The number of hydrogen-bond acceptors (Lipinski definition) is 2. The quantitative estimate of drug-likeness (QED) is 0.0975. The summed E-state index contributed by atoms with van der Waals surface area (Å²) in [6.45, 7) is 10.5. The van der Waals surface area contributed by atoms with Crippen molar-refractivity contribution in [2.24, 2.45) is 0 Å². The average Bonchev–Trinajstić information content (AvgIpc) is 3.24. The molecule has 0 atom stereocenters. The monoisotopic (exact) mass is 639 g/mol. The van der Waals surface area contributed by atoms with Crippen LogP contribution in [-0.2, 0) is 15.6 Å². The summed E-state index contributed by atoms with van der Waals surface area (Å²) in [6, 6.07) is 17.4. The van der Waals surface area contributed by atoms with Crippen LogP contribution in [0.15, 0.2) is 72.5 Å². The van der Waals surface area contributed by atoms with E-state index in [9.17, 15) is 30.0 Å². The number of unbranched alkanes of at least 4 members (excludes halogenated alkanes) is 2. The van der Waals surface area contributed by atoms with Crippen LogP contribution in [0.2, 0.25) is 0 Å². The van der Waals surface area contributed by atoms with Gasteiger partial charge in [0.2, 0.25) is 11.6 Å². The van der Waals surface area contributed by atoms with Crippen LogP contribution in [0.1, 0.15) is 64.5 Å². The van der Waals surface area contributed by atoms with Crippen LogP contribution in [0.5, 0.6) is 0 Å². The molecule has 0 spiro atoms. The Balaban J connectivity index is 0.000000676. The van der Waals surface area contributed by atoms with E-state index in [0.717, 1.165) is 25.8 Å². The Kier molecular flexibility index (Phi) is 9.59. The second-order valence-electron chi connectivity index (χ2n) is 12.0. The molecule has 11 heteroatoms. The van der Waals surface area contributed by atoms with E-state index in [-0.39, 0.29) is 16.7 Å². The summed E-state index contributed by atoms with van der Waals surface area (Å²) < 4.78 is 61.5. The Morgan fingerprint density at radius 2 is 1.52 bits per heavy atom. The number of carbonyl (C=O) groups excluding carboxylic acids is 1. The van der Waals surface area contributed by atoms with Crippen molar-refractivity contribution in [1.82, 2.24) is 5.32 Å². The summed E-state index contributed by atoms with van der Waals surface area (Å²) in [6.07, 6.45) is 15.4. The molecule has 2 aromatic rings. The fourth-order valence-electron chi connectivity index (χ4n) is 5.88. The van der Waals surface area contributed by atoms with Crippen LogP contribution in [0.4, 0.5) is 36.6 Å². The minimum absolute atomic E-state index is 0.0378. The van der Waals surface area contributed by atoms with Crippen LogP contribution in [-0.4, -0.2) is 36.3 Å². The molecule has 0 aliphatic carbocycles. The number of fused-ring (bicyclic) bond motifs is 2. The normalized spacial score (nSPS) is 19.0. The van der Waals surface area contributed by atoms with Gasteiger partial charge in [0.05, 0.1) is 12.0 Å². The third kappa shape index (κ3) is 9.22. The summed E-state index contributed by atoms with van der Waals surface area (Å²) in [5.41, 5.74) is 7.79. The first kappa shape index (κ1) is 34.9. The van der Waals surface area contributed by atoms with E-state index in [0.29, 0.717) is 13.0 Å². The van der Waals surface area contributed by atoms with Gasteiger partial charge in [0.1, 0.15) is 7.05 Å². The molecule has 0 radical (unpaired) electrons. The molecule has 0 unspecified atom stereocenters. The number of rotatable bonds is 9. The van der Waals surface area contributed by atoms with Gasteiger partial charge in [-0.25, -0.2) is 0 Å². The van der Waals surface area contributed by atoms with Crippen molar-refractivity contribution >= 4 is 30.8 Å². The second-order valence-corrected chi connectivity index (χ2v) is 14.0. The number of anilines is 1. The number of amides is 1. The number of nitrogens with one attached hydrogen (secondary N) is 1. The van der Waals surface area contributed by atoms with Gasteiger partial charge in [-0.15, -0.1) is 6.42 Å². The third-order valence-corrected chi connectivity index (χ3v) is 7.92. The van der Waals surface area contributed by atoms with Gasteiger partial charge in [0.25, 0.3) is 0 Å². The topological polar surface area (TPSA) is 35.4 Å². The number of allylic oxidation sites excluding steroid dienone is 4. The summed E-state index contributed by atoms with van der Waals surface area (Å²) in [4.78, 5) is 14.3. The maximum absolute atomic E-state index is 11.9. The van der Waals surface area contributed by atoms with E-state index in [1.54, 1.807) is 0 Å². The maximum atomic E-state index is 11.9. The zero-order valence-corrected chi connectivity index (χ0v) is 26.6. The number of halogens is 6. The van der Waals surface area contributed by atoms with Crippen LogP contribution in [0.3, 0.4) is 0 Å². The number of carbonyl (C=O) groups is 1. The Hall–Kier alpha value is -3.57. The van der Waals surface area contributed by atoms with E-state index >= 15 is 0 Å². The molecule has 2 aliphatic heterocycles. The van der Waals surface area contributed by atoms with Gasteiger partial charge in [0.15, 0.2) is 5.71 Å². The van der Waals surface area contributed by atoms with Gasteiger partial charge in [-0.1, -0.05) is 68.7 Å². The average molecular weight is 640 g/mol. The number of hydrogen-bond donors (Lipinski definition) is 1. The van der Waals surface area contributed by atoms with Gasteiger partial charge in [-0.3, -0.25) is 4.79 Å². The molecule has 0 bridgehead atoms. The minimum atomic E-state index is -10.7. The molecule has 0 saturated carbocycles. The predicted octanol–water partition coefficient (Wildman–Crippen LogP) is 9.62. The summed E-state index contributed by atoms with van der Waals surface area (Å²) in [7, 11) is -8.50. The van der Waals surface area contributed by atoms with Crippen LogP contribution in [0.25, 0.3) is 0 Å². The molecule has 240 valence electrons. The summed E-state index contributed by atoms with van der Waals surface area (Å²) in [5, 5.41) is 2.75. The second kappa shape index (κ2) is 12.1. The van der Waals surface area contributed by atoms with Gasteiger partial charge in [-0.2, -0.15) is 4.58 Å². The van der Waals surface area contributed by atoms with Crippen molar-refractivity contribution < 1.29 is 34.6 Å². The van der Waals surface area contributed by atoms with E-state index in [1.807, 2.05) is 0 Å². The molecule has 1 N–H and O–H groups in total. The molecule has 44 heavy (non-hydrogen) atoms. The number of terminal acetylenes is 1. The van der Waals surface area contributed by atoms with Crippen molar-refractivity contribution in [3.63, 3.8) is 0 Å². The van der Waals surface area contributed by atoms with Gasteiger partial charge >= 0.3 is 33.0 Å². The molecule has 4 nitrogen and oxygen atoms in total. The summed E-state index contributed by atoms with van der Waals surface area (Å²) >= 11 is 0. The Morgan fingerprint density at radius 3 is 2.14 bits per heavy atom. The van der Waals surface area contributed by atoms with E-state index in [4.69, 9.17) is 6.42 Å². The Bertz CT molecular complexity index is 1520. The number of benzene rings is 2. The van der Waals surface area contributed by atoms with Crippen LogP contribution < -0.4 is 10.2 Å². The standard InChI is InChI=1S/C33H39N3O.F6P/c1-7-23-34-31(37)22-9-8-14-24-36-28-19-13-11-17-26(28)33(4,5)30(36)21-15-20-29-32(2,3)25-16-10-12-18-27(25)35(29)6;1-7(2,3,4,5)6/h1,10-13,15-21H,8-9,14,22-24H2,2-6H3;/q;-1/p+1. The van der Waals surface area contributed by atoms with Crippen molar-refractivity contribution in [3.05, 3.63) is 83.6 Å². The van der Waals surface area contributed by atoms with Crippen molar-refractivity contribution in [2.75, 3.05) is 25.0 Å². The molecule has 2 heterocycles.